The second kappa shape index (κ2) is 6.22. The van der Waals surface area contributed by atoms with E-state index in [0.717, 1.165) is 5.56 Å². The number of fused-ring (bicyclic) bond motifs is 1. The Bertz CT molecular complexity index is 1090. The van der Waals surface area contributed by atoms with Crippen LogP contribution in [0.15, 0.2) is 41.2 Å². The Labute approximate surface area is 147 Å². The van der Waals surface area contributed by atoms with Crippen LogP contribution in [0.2, 0.25) is 5.02 Å². The summed E-state index contributed by atoms with van der Waals surface area (Å²) in [6.45, 7) is 1.88. The van der Waals surface area contributed by atoms with Crippen LogP contribution in [0, 0.1) is 11.7 Å². The first-order valence-electron chi connectivity index (χ1n) is 7.06. The van der Waals surface area contributed by atoms with E-state index >= 15 is 0 Å². The molecule has 0 radical (unpaired) electrons. The summed E-state index contributed by atoms with van der Waals surface area (Å²) in [5.74, 6) is -0.481. The molecule has 0 saturated carbocycles. The van der Waals surface area contributed by atoms with Crippen molar-refractivity contribution in [3.05, 3.63) is 67.7 Å². The van der Waals surface area contributed by atoms with Gasteiger partial charge in [-0.2, -0.15) is 0 Å². The first kappa shape index (κ1) is 16.4. The van der Waals surface area contributed by atoms with E-state index in [-0.39, 0.29) is 10.3 Å². The first-order valence-corrected chi connectivity index (χ1v) is 7.85. The van der Waals surface area contributed by atoms with Gasteiger partial charge >= 0.3 is 5.97 Å². The van der Waals surface area contributed by atoms with E-state index in [9.17, 15) is 9.59 Å². The van der Waals surface area contributed by atoms with Gasteiger partial charge in [-0.15, -0.1) is 0 Å². The third kappa shape index (κ3) is 2.74. The number of carbonyl (C=O) groups excluding carboxylic acids is 1. The molecule has 3 rings (SSSR count). The van der Waals surface area contributed by atoms with Crippen molar-refractivity contribution in [1.29, 1.82) is 0 Å². The van der Waals surface area contributed by atoms with Gasteiger partial charge in [-0.1, -0.05) is 17.7 Å². The van der Waals surface area contributed by atoms with E-state index in [4.69, 9.17) is 23.8 Å². The van der Waals surface area contributed by atoms with Crippen LogP contribution in [0.3, 0.4) is 0 Å². The van der Waals surface area contributed by atoms with Crippen LogP contribution in [-0.2, 0) is 4.74 Å². The minimum atomic E-state index is -0.481. The number of rotatable bonds is 2. The van der Waals surface area contributed by atoms with Crippen LogP contribution in [0.25, 0.3) is 16.6 Å². The lowest BCUT2D eigenvalue weighted by molar-refractivity contribution is 0.0601. The Morgan fingerprint density at radius 2 is 2.00 bits per heavy atom. The molecule has 1 aromatic heterocycles. The lowest BCUT2D eigenvalue weighted by Gasteiger charge is -2.10. The molecule has 3 aromatic rings. The summed E-state index contributed by atoms with van der Waals surface area (Å²) in [5.41, 5.74) is 2.02. The van der Waals surface area contributed by atoms with Crippen molar-refractivity contribution in [2.75, 3.05) is 7.11 Å². The van der Waals surface area contributed by atoms with Crippen molar-refractivity contribution in [3.8, 4) is 5.69 Å². The van der Waals surface area contributed by atoms with Gasteiger partial charge in [0, 0.05) is 5.02 Å². The Kier molecular flexibility index (Phi) is 4.26. The molecular weight excluding hydrogens is 348 g/mol. The number of benzene rings is 2. The highest BCUT2D eigenvalue weighted by Gasteiger charge is 2.12. The number of ether oxygens (including phenoxy) is 1. The zero-order valence-corrected chi connectivity index (χ0v) is 14.5. The molecular formula is C17H13ClN2O3S. The number of esters is 1. The third-order valence-corrected chi connectivity index (χ3v) is 4.42. The number of halogens is 1. The Morgan fingerprint density at radius 1 is 1.25 bits per heavy atom. The van der Waals surface area contributed by atoms with Crippen molar-refractivity contribution < 1.29 is 9.53 Å². The first-order chi connectivity index (χ1) is 11.4. The largest absolute Gasteiger partial charge is 0.465 e. The normalized spacial score (nSPS) is 10.8. The average Bonchev–Trinajstić information content (AvgIpc) is 2.56. The number of nitrogens with zero attached hydrogens (tertiary/aromatic N) is 1. The molecule has 5 nitrogen and oxygen atoms in total. The van der Waals surface area contributed by atoms with Crippen LogP contribution in [0.5, 0.6) is 0 Å². The molecule has 0 aliphatic rings. The van der Waals surface area contributed by atoms with Crippen LogP contribution in [0.4, 0.5) is 0 Å². The molecule has 0 unspecified atom stereocenters. The number of H-pyrrole nitrogens is 1. The van der Waals surface area contributed by atoms with Crippen LogP contribution in [0.1, 0.15) is 15.9 Å². The molecule has 7 heteroatoms. The maximum absolute atomic E-state index is 12.8. The molecule has 0 spiro atoms. The number of hydrogen-bond donors (Lipinski definition) is 1. The molecule has 2 aromatic carbocycles. The van der Waals surface area contributed by atoms with E-state index in [0.29, 0.717) is 27.2 Å². The maximum atomic E-state index is 12.8. The summed E-state index contributed by atoms with van der Waals surface area (Å²) in [7, 11) is 1.30. The predicted octanol–water partition coefficient (Wildman–Crippen LogP) is 3.80. The van der Waals surface area contributed by atoms with Crippen LogP contribution >= 0.6 is 23.8 Å². The SMILES string of the molecule is COC(=O)c1ccc2c(=O)n(-c3ccc(C)c(Cl)c3)c(=S)[nH]c2c1. The highest BCUT2D eigenvalue weighted by atomic mass is 35.5. The second-order valence-electron chi connectivity index (χ2n) is 5.26. The van der Waals surface area contributed by atoms with E-state index in [1.165, 1.54) is 11.7 Å². The highest BCUT2D eigenvalue weighted by molar-refractivity contribution is 7.71. The van der Waals surface area contributed by atoms with Gasteiger partial charge in [0.15, 0.2) is 4.77 Å². The fourth-order valence-corrected chi connectivity index (χ4v) is 2.89. The quantitative estimate of drug-likeness (QED) is 0.557. The molecule has 122 valence electrons. The Hall–Kier alpha value is -2.44. The van der Waals surface area contributed by atoms with Crippen molar-refractivity contribution in [1.82, 2.24) is 9.55 Å². The molecule has 0 bridgehead atoms. The Balaban J connectivity index is 2.28. The van der Waals surface area contributed by atoms with Gasteiger partial charge in [-0.05, 0) is 55.0 Å². The van der Waals surface area contributed by atoms with Gasteiger partial charge < -0.3 is 9.72 Å². The summed E-state index contributed by atoms with van der Waals surface area (Å²) < 4.78 is 6.28. The summed E-state index contributed by atoms with van der Waals surface area (Å²) in [6.07, 6.45) is 0. The lowest BCUT2D eigenvalue weighted by atomic mass is 10.1. The van der Waals surface area contributed by atoms with Gasteiger partial charge in [0.1, 0.15) is 0 Å². The number of aryl methyl sites for hydroxylation is 1. The molecule has 1 N–H and O–H groups in total. The summed E-state index contributed by atoms with van der Waals surface area (Å²) in [4.78, 5) is 27.4. The minimum Gasteiger partial charge on any atom is -0.465 e. The number of aromatic nitrogens is 2. The monoisotopic (exact) mass is 360 g/mol. The fourth-order valence-electron chi connectivity index (χ4n) is 2.42. The third-order valence-electron chi connectivity index (χ3n) is 3.73. The molecule has 24 heavy (non-hydrogen) atoms. The number of methoxy groups -OCH3 is 1. The van der Waals surface area contributed by atoms with E-state index in [1.54, 1.807) is 30.3 Å². The highest BCUT2D eigenvalue weighted by Crippen LogP contribution is 2.20. The topological polar surface area (TPSA) is 64.1 Å². The average molecular weight is 361 g/mol. The fraction of sp³-hybridized carbons (Fsp3) is 0.118. The lowest BCUT2D eigenvalue weighted by Crippen LogP contribution is -2.20. The molecule has 0 aliphatic carbocycles. The minimum absolute atomic E-state index is 0.217. The van der Waals surface area contributed by atoms with E-state index in [1.807, 2.05) is 13.0 Å². The number of carbonyl (C=O) groups is 1. The molecule has 1 heterocycles. The molecule has 0 saturated heterocycles. The maximum Gasteiger partial charge on any atom is 0.337 e. The van der Waals surface area contributed by atoms with Crippen molar-refractivity contribution >= 4 is 40.7 Å². The van der Waals surface area contributed by atoms with E-state index < -0.39 is 5.97 Å². The van der Waals surface area contributed by atoms with Gasteiger partial charge in [0.25, 0.3) is 5.56 Å². The smallest absolute Gasteiger partial charge is 0.337 e. The van der Waals surface area contributed by atoms with Crippen LogP contribution in [-0.4, -0.2) is 22.6 Å². The number of hydrogen-bond acceptors (Lipinski definition) is 4. The Morgan fingerprint density at radius 3 is 2.67 bits per heavy atom. The molecule has 0 fully saturated rings. The molecule has 0 aliphatic heterocycles. The second-order valence-corrected chi connectivity index (χ2v) is 6.05. The summed E-state index contributed by atoms with van der Waals surface area (Å²) >= 11 is 11.5. The summed E-state index contributed by atoms with van der Waals surface area (Å²) in [6, 6.07) is 9.95. The van der Waals surface area contributed by atoms with E-state index in [2.05, 4.69) is 9.72 Å². The predicted molar refractivity (Wildman–Crippen MR) is 95.8 cm³/mol. The standard InChI is InChI=1S/C17H13ClN2O3S/c1-9-3-5-11(8-13(9)18)20-15(21)12-6-4-10(16(22)23-2)7-14(12)19-17(20)24/h3-8H,1-2H3,(H,19,24). The number of nitrogens with one attached hydrogen (secondary N) is 1. The number of aromatic amines is 1. The van der Waals surface area contributed by atoms with Gasteiger partial charge in [-0.25, -0.2) is 4.79 Å². The molecule has 0 atom stereocenters. The summed E-state index contributed by atoms with van der Waals surface area (Å²) in [5, 5.41) is 0.961. The van der Waals surface area contributed by atoms with Gasteiger partial charge in [0.05, 0.1) is 29.3 Å². The zero-order chi connectivity index (χ0) is 17.4. The van der Waals surface area contributed by atoms with Crippen LogP contribution < -0.4 is 5.56 Å². The molecule has 0 amide bonds. The van der Waals surface area contributed by atoms with Gasteiger partial charge in [0.2, 0.25) is 0 Å². The van der Waals surface area contributed by atoms with Crippen molar-refractivity contribution in [2.24, 2.45) is 0 Å². The van der Waals surface area contributed by atoms with Crippen molar-refractivity contribution in [3.63, 3.8) is 0 Å². The van der Waals surface area contributed by atoms with Gasteiger partial charge in [-0.3, -0.25) is 9.36 Å². The zero-order valence-electron chi connectivity index (χ0n) is 12.9. The van der Waals surface area contributed by atoms with Crippen molar-refractivity contribution in [2.45, 2.75) is 6.92 Å².